The smallest absolute Gasteiger partial charge is 0.251 e. The molecule has 1 aromatic carbocycles. The Hall–Kier alpha value is -1.55. The molecular weight excluding hydrogens is 216 g/mol. The summed E-state index contributed by atoms with van der Waals surface area (Å²) in [6, 6.07) is 5.70. The Morgan fingerprint density at radius 3 is 2.76 bits per heavy atom. The lowest BCUT2D eigenvalue weighted by Crippen LogP contribution is -2.37. The van der Waals surface area contributed by atoms with Crippen LogP contribution in [0.3, 0.4) is 0 Å². The van der Waals surface area contributed by atoms with Gasteiger partial charge in [-0.25, -0.2) is 0 Å². The van der Waals surface area contributed by atoms with Crippen molar-refractivity contribution in [1.82, 2.24) is 10.6 Å². The number of amides is 1. The van der Waals surface area contributed by atoms with Gasteiger partial charge in [0.25, 0.3) is 5.91 Å². The third-order valence-electron chi connectivity index (χ3n) is 2.73. The van der Waals surface area contributed by atoms with Gasteiger partial charge in [-0.1, -0.05) is 6.07 Å². The van der Waals surface area contributed by atoms with Crippen LogP contribution in [0.1, 0.15) is 22.8 Å². The second-order valence-corrected chi connectivity index (χ2v) is 4.08. The fourth-order valence-electron chi connectivity index (χ4n) is 1.41. The lowest BCUT2D eigenvalue weighted by Gasteiger charge is -2.12. The van der Waals surface area contributed by atoms with Gasteiger partial charge in [0.2, 0.25) is 0 Å². The van der Waals surface area contributed by atoms with E-state index in [1.165, 1.54) is 0 Å². The van der Waals surface area contributed by atoms with Crippen molar-refractivity contribution in [2.24, 2.45) is 0 Å². The Balaban J connectivity index is 2.69. The summed E-state index contributed by atoms with van der Waals surface area (Å²) in [5.41, 5.74) is 1.64. The predicted molar refractivity (Wildman–Crippen MR) is 68.6 cm³/mol. The first-order valence-corrected chi connectivity index (χ1v) is 5.68. The Labute approximate surface area is 102 Å². The molecule has 0 aliphatic rings. The number of methoxy groups -OCH3 is 1. The molecule has 0 fully saturated rings. The monoisotopic (exact) mass is 236 g/mol. The van der Waals surface area contributed by atoms with Gasteiger partial charge in [0.05, 0.1) is 7.11 Å². The van der Waals surface area contributed by atoms with Crippen molar-refractivity contribution in [3.8, 4) is 5.75 Å². The first-order valence-electron chi connectivity index (χ1n) is 5.68. The van der Waals surface area contributed by atoms with Crippen LogP contribution < -0.4 is 15.4 Å². The van der Waals surface area contributed by atoms with Crippen molar-refractivity contribution in [2.45, 2.75) is 19.9 Å². The molecule has 0 aromatic heterocycles. The van der Waals surface area contributed by atoms with Gasteiger partial charge in [-0.2, -0.15) is 0 Å². The SMILES string of the molecule is CNC(C)CNC(=O)c1ccc(C)c(OC)c1. The highest BCUT2D eigenvalue weighted by Gasteiger charge is 2.09. The number of aryl methyl sites for hydroxylation is 1. The number of likely N-dealkylation sites (N-methyl/N-ethyl adjacent to an activating group) is 1. The second-order valence-electron chi connectivity index (χ2n) is 4.08. The van der Waals surface area contributed by atoms with Crippen LogP contribution in [0, 0.1) is 6.92 Å². The van der Waals surface area contributed by atoms with Crippen LogP contribution in [-0.4, -0.2) is 32.7 Å². The highest BCUT2D eigenvalue weighted by atomic mass is 16.5. The second kappa shape index (κ2) is 6.25. The zero-order valence-corrected chi connectivity index (χ0v) is 10.8. The average molecular weight is 236 g/mol. The third-order valence-corrected chi connectivity index (χ3v) is 2.73. The van der Waals surface area contributed by atoms with Gasteiger partial charge in [0.15, 0.2) is 0 Å². The van der Waals surface area contributed by atoms with Crippen LogP contribution in [0.5, 0.6) is 5.75 Å². The van der Waals surface area contributed by atoms with Gasteiger partial charge in [0, 0.05) is 18.2 Å². The molecule has 1 aromatic rings. The number of nitrogens with one attached hydrogen (secondary N) is 2. The molecule has 0 radical (unpaired) electrons. The molecule has 94 valence electrons. The van der Waals surface area contributed by atoms with Crippen molar-refractivity contribution in [1.29, 1.82) is 0 Å². The fraction of sp³-hybridized carbons (Fsp3) is 0.462. The van der Waals surface area contributed by atoms with Gasteiger partial charge in [0.1, 0.15) is 5.75 Å². The summed E-state index contributed by atoms with van der Waals surface area (Å²) in [6.45, 7) is 4.56. The van der Waals surface area contributed by atoms with Crippen LogP contribution in [0.15, 0.2) is 18.2 Å². The van der Waals surface area contributed by atoms with E-state index < -0.39 is 0 Å². The molecule has 2 N–H and O–H groups in total. The molecule has 1 unspecified atom stereocenters. The molecule has 0 saturated heterocycles. The Bertz CT molecular complexity index is 391. The van der Waals surface area contributed by atoms with E-state index >= 15 is 0 Å². The molecular formula is C13H20N2O2. The maximum Gasteiger partial charge on any atom is 0.251 e. The largest absolute Gasteiger partial charge is 0.496 e. The Morgan fingerprint density at radius 1 is 1.47 bits per heavy atom. The molecule has 1 amide bonds. The van der Waals surface area contributed by atoms with Crippen LogP contribution in [0.25, 0.3) is 0 Å². The minimum absolute atomic E-state index is 0.0783. The van der Waals surface area contributed by atoms with E-state index in [1.807, 2.05) is 27.0 Å². The molecule has 0 spiro atoms. The Morgan fingerprint density at radius 2 is 2.18 bits per heavy atom. The third kappa shape index (κ3) is 3.75. The van der Waals surface area contributed by atoms with Gasteiger partial charge < -0.3 is 15.4 Å². The van der Waals surface area contributed by atoms with Gasteiger partial charge in [-0.15, -0.1) is 0 Å². The quantitative estimate of drug-likeness (QED) is 0.811. The summed E-state index contributed by atoms with van der Waals surface area (Å²) < 4.78 is 5.19. The zero-order chi connectivity index (χ0) is 12.8. The van der Waals surface area contributed by atoms with Gasteiger partial charge in [-0.05, 0) is 38.6 Å². The normalized spacial score (nSPS) is 12.0. The predicted octanol–water partition coefficient (Wildman–Crippen LogP) is 1.34. The van der Waals surface area contributed by atoms with Crippen LogP contribution >= 0.6 is 0 Å². The molecule has 0 heterocycles. The fourth-order valence-corrected chi connectivity index (χ4v) is 1.41. The molecule has 4 heteroatoms. The number of carbonyl (C=O) groups excluding carboxylic acids is 1. The minimum Gasteiger partial charge on any atom is -0.496 e. The highest BCUT2D eigenvalue weighted by Crippen LogP contribution is 2.18. The number of ether oxygens (including phenoxy) is 1. The molecule has 0 aliphatic carbocycles. The molecule has 0 saturated carbocycles. The van der Waals surface area contributed by atoms with Gasteiger partial charge >= 0.3 is 0 Å². The summed E-state index contributed by atoms with van der Waals surface area (Å²) in [5, 5.41) is 5.93. The van der Waals surface area contributed by atoms with E-state index in [1.54, 1.807) is 19.2 Å². The van der Waals surface area contributed by atoms with Crippen molar-refractivity contribution in [3.05, 3.63) is 29.3 Å². The number of rotatable bonds is 5. The molecule has 0 aliphatic heterocycles. The van der Waals surface area contributed by atoms with Crippen LogP contribution in [-0.2, 0) is 0 Å². The number of benzene rings is 1. The highest BCUT2D eigenvalue weighted by molar-refractivity contribution is 5.94. The molecule has 1 atom stereocenters. The van der Waals surface area contributed by atoms with Crippen LogP contribution in [0.4, 0.5) is 0 Å². The molecule has 17 heavy (non-hydrogen) atoms. The Kier molecular flexibility index (Phi) is 4.97. The van der Waals surface area contributed by atoms with Crippen LogP contribution in [0.2, 0.25) is 0 Å². The summed E-state index contributed by atoms with van der Waals surface area (Å²) in [4.78, 5) is 11.9. The molecule has 0 bridgehead atoms. The van der Waals surface area contributed by atoms with E-state index in [4.69, 9.17) is 4.74 Å². The maximum atomic E-state index is 11.9. The first kappa shape index (κ1) is 13.5. The van der Waals surface area contributed by atoms with Crippen molar-refractivity contribution < 1.29 is 9.53 Å². The maximum absolute atomic E-state index is 11.9. The molecule has 1 rings (SSSR count). The lowest BCUT2D eigenvalue weighted by atomic mass is 10.1. The van der Waals surface area contributed by atoms with E-state index in [0.29, 0.717) is 12.1 Å². The minimum atomic E-state index is -0.0783. The van der Waals surface area contributed by atoms with Crippen molar-refractivity contribution in [3.63, 3.8) is 0 Å². The summed E-state index contributed by atoms with van der Waals surface area (Å²) in [5.74, 6) is 0.657. The number of carbonyl (C=O) groups is 1. The number of hydrogen-bond donors (Lipinski definition) is 2. The number of hydrogen-bond acceptors (Lipinski definition) is 3. The first-order chi connectivity index (χ1) is 8.08. The summed E-state index contributed by atoms with van der Waals surface area (Å²) in [6.07, 6.45) is 0. The topological polar surface area (TPSA) is 50.4 Å². The van der Waals surface area contributed by atoms with Crippen molar-refractivity contribution >= 4 is 5.91 Å². The van der Waals surface area contributed by atoms with E-state index in [9.17, 15) is 4.79 Å². The summed E-state index contributed by atoms with van der Waals surface area (Å²) >= 11 is 0. The van der Waals surface area contributed by atoms with Gasteiger partial charge in [-0.3, -0.25) is 4.79 Å². The zero-order valence-electron chi connectivity index (χ0n) is 10.8. The lowest BCUT2D eigenvalue weighted by molar-refractivity contribution is 0.0950. The van der Waals surface area contributed by atoms with Crippen molar-refractivity contribution in [2.75, 3.05) is 20.7 Å². The van der Waals surface area contributed by atoms with E-state index in [2.05, 4.69) is 10.6 Å². The average Bonchev–Trinajstić information content (AvgIpc) is 2.35. The van der Waals surface area contributed by atoms with E-state index in [0.717, 1.165) is 11.3 Å². The van der Waals surface area contributed by atoms with E-state index in [-0.39, 0.29) is 11.9 Å². The summed E-state index contributed by atoms with van der Waals surface area (Å²) in [7, 11) is 3.47. The molecule has 4 nitrogen and oxygen atoms in total. The standard InChI is InChI=1S/C13H20N2O2/c1-9-5-6-11(7-12(9)17-4)13(16)15-8-10(2)14-3/h5-7,10,14H,8H2,1-4H3,(H,15,16).